The molecule has 0 aliphatic carbocycles. The molecule has 5 heteroatoms. The molecule has 0 radical (unpaired) electrons. The molecule has 0 unspecified atom stereocenters. The fraction of sp³-hybridized carbons (Fsp3) is 0.267. The summed E-state index contributed by atoms with van der Waals surface area (Å²) in [7, 11) is -3.28. The number of aryl methyl sites for hydroxylation is 1. The lowest BCUT2D eigenvalue weighted by molar-refractivity contribution is 0.0993. The van der Waals surface area contributed by atoms with Crippen LogP contribution >= 0.6 is 11.3 Å². The van der Waals surface area contributed by atoms with Gasteiger partial charge in [-0.2, -0.15) is 0 Å². The third-order valence-corrected chi connectivity index (χ3v) is 5.32. The van der Waals surface area contributed by atoms with Crippen LogP contribution in [0.25, 0.3) is 0 Å². The maximum Gasteiger partial charge on any atom is 0.175 e. The summed E-state index contributed by atoms with van der Waals surface area (Å²) in [6.45, 7) is 2.08. The molecule has 2 aromatic rings. The Kier molecular flexibility index (Phi) is 4.40. The van der Waals surface area contributed by atoms with Gasteiger partial charge in [-0.05, 0) is 30.7 Å². The van der Waals surface area contributed by atoms with E-state index in [0.29, 0.717) is 12.0 Å². The van der Waals surface area contributed by atoms with E-state index in [1.165, 1.54) is 17.0 Å². The van der Waals surface area contributed by atoms with Gasteiger partial charge in [-0.1, -0.05) is 19.1 Å². The predicted octanol–water partition coefficient (Wildman–Crippen LogP) is 3.14. The lowest BCUT2D eigenvalue weighted by atomic mass is 10.1. The third kappa shape index (κ3) is 3.55. The van der Waals surface area contributed by atoms with Crippen molar-refractivity contribution >= 4 is 27.0 Å². The van der Waals surface area contributed by atoms with E-state index in [1.807, 2.05) is 12.1 Å². The molecular formula is C15H16O3S2. The molecule has 106 valence electrons. The van der Waals surface area contributed by atoms with E-state index >= 15 is 0 Å². The van der Waals surface area contributed by atoms with E-state index in [1.54, 1.807) is 23.5 Å². The molecule has 0 fully saturated rings. The Balaban J connectivity index is 2.21. The standard InChI is InChI=1S/C15H16O3S2/c1-3-12-7-8-13(19-12)10-15(16)11-5-4-6-14(9-11)20(2,17)18/h4-9H,3,10H2,1-2H3. The van der Waals surface area contributed by atoms with E-state index in [0.717, 1.165) is 17.6 Å². The minimum Gasteiger partial charge on any atom is -0.294 e. The molecular weight excluding hydrogens is 292 g/mol. The van der Waals surface area contributed by atoms with Crippen molar-refractivity contribution in [3.05, 3.63) is 51.7 Å². The first-order valence-corrected chi connectivity index (χ1v) is 9.02. The summed E-state index contributed by atoms with van der Waals surface area (Å²) in [6.07, 6.45) is 2.42. The highest BCUT2D eigenvalue weighted by Gasteiger charge is 2.13. The normalized spacial score (nSPS) is 11.5. The molecule has 0 aliphatic rings. The Hall–Kier alpha value is -1.46. The molecule has 0 N–H and O–H groups in total. The summed E-state index contributed by atoms with van der Waals surface area (Å²) in [5, 5.41) is 0. The number of Topliss-reactive ketones (excluding diaryl/α,β-unsaturated/α-hetero) is 1. The van der Waals surface area contributed by atoms with Crippen molar-refractivity contribution in [2.24, 2.45) is 0 Å². The minimum absolute atomic E-state index is 0.0556. The number of rotatable bonds is 5. The molecule has 1 aromatic heterocycles. The average molecular weight is 308 g/mol. The number of carbonyl (C=O) groups excluding carboxylic acids is 1. The van der Waals surface area contributed by atoms with E-state index in [9.17, 15) is 13.2 Å². The van der Waals surface area contributed by atoms with Gasteiger partial charge in [0.2, 0.25) is 0 Å². The molecule has 0 aliphatic heterocycles. The predicted molar refractivity (Wildman–Crippen MR) is 81.3 cm³/mol. The summed E-state index contributed by atoms with van der Waals surface area (Å²) in [5.41, 5.74) is 0.444. The van der Waals surface area contributed by atoms with Gasteiger partial charge in [-0.25, -0.2) is 8.42 Å². The zero-order valence-corrected chi connectivity index (χ0v) is 13.1. The van der Waals surface area contributed by atoms with Crippen LogP contribution in [-0.4, -0.2) is 20.5 Å². The lowest BCUT2D eigenvalue weighted by Gasteiger charge is -2.02. The number of thiophene rings is 1. The number of hydrogen-bond acceptors (Lipinski definition) is 4. The van der Waals surface area contributed by atoms with Crippen LogP contribution in [0.1, 0.15) is 27.0 Å². The van der Waals surface area contributed by atoms with E-state index in [-0.39, 0.29) is 10.7 Å². The first-order valence-electron chi connectivity index (χ1n) is 6.31. The molecule has 2 rings (SSSR count). The van der Waals surface area contributed by atoms with Crippen molar-refractivity contribution in [3.8, 4) is 0 Å². The van der Waals surface area contributed by atoms with Gasteiger partial charge in [0.05, 0.1) is 4.90 Å². The second-order valence-corrected chi connectivity index (χ2v) is 7.89. The quantitative estimate of drug-likeness (QED) is 0.797. The summed E-state index contributed by atoms with van der Waals surface area (Å²) in [4.78, 5) is 14.6. The number of benzene rings is 1. The fourth-order valence-corrected chi connectivity index (χ4v) is 3.49. The van der Waals surface area contributed by atoms with Crippen molar-refractivity contribution in [3.63, 3.8) is 0 Å². The number of hydrogen-bond donors (Lipinski definition) is 0. The molecule has 0 saturated heterocycles. The van der Waals surface area contributed by atoms with Crippen LogP contribution in [0, 0.1) is 0 Å². The van der Waals surface area contributed by atoms with Gasteiger partial charge in [0.1, 0.15) is 0 Å². The first-order chi connectivity index (χ1) is 9.40. The van der Waals surface area contributed by atoms with Crippen molar-refractivity contribution < 1.29 is 13.2 Å². The van der Waals surface area contributed by atoms with Crippen LogP contribution in [0.5, 0.6) is 0 Å². The Morgan fingerprint density at radius 1 is 1.15 bits per heavy atom. The maximum absolute atomic E-state index is 12.2. The van der Waals surface area contributed by atoms with Crippen molar-refractivity contribution in [1.29, 1.82) is 0 Å². The van der Waals surface area contributed by atoms with Crippen molar-refractivity contribution in [2.75, 3.05) is 6.26 Å². The van der Waals surface area contributed by atoms with Crippen LogP contribution in [-0.2, 0) is 22.7 Å². The molecule has 1 aromatic carbocycles. The largest absolute Gasteiger partial charge is 0.294 e. The summed E-state index contributed by atoms with van der Waals surface area (Å²) >= 11 is 1.63. The third-order valence-electron chi connectivity index (χ3n) is 2.98. The van der Waals surface area contributed by atoms with Crippen molar-refractivity contribution in [2.45, 2.75) is 24.7 Å². The summed E-state index contributed by atoms with van der Waals surface area (Å²) < 4.78 is 23.0. The van der Waals surface area contributed by atoms with Gasteiger partial charge in [0, 0.05) is 28.0 Å². The number of carbonyl (C=O) groups is 1. The molecule has 0 saturated carbocycles. The number of ketones is 1. The second-order valence-electron chi connectivity index (χ2n) is 4.62. The van der Waals surface area contributed by atoms with Crippen LogP contribution in [0.3, 0.4) is 0 Å². The summed E-state index contributed by atoms with van der Waals surface area (Å²) in [5.74, 6) is -0.0556. The summed E-state index contributed by atoms with van der Waals surface area (Å²) in [6, 6.07) is 10.2. The maximum atomic E-state index is 12.2. The van der Waals surface area contributed by atoms with Crippen LogP contribution < -0.4 is 0 Å². The zero-order valence-electron chi connectivity index (χ0n) is 11.4. The van der Waals surface area contributed by atoms with Gasteiger partial charge >= 0.3 is 0 Å². The van der Waals surface area contributed by atoms with Crippen LogP contribution in [0.15, 0.2) is 41.3 Å². The first kappa shape index (κ1) is 14.9. The Morgan fingerprint density at radius 2 is 1.85 bits per heavy atom. The molecule has 1 heterocycles. The van der Waals surface area contributed by atoms with Crippen LogP contribution in [0.2, 0.25) is 0 Å². The highest BCUT2D eigenvalue weighted by Crippen LogP contribution is 2.20. The van der Waals surface area contributed by atoms with E-state index < -0.39 is 9.84 Å². The SMILES string of the molecule is CCc1ccc(CC(=O)c2cccc(S(C)(=O)=O)c2)s1. The topological polar surface area (TPSA) is 51.2 Å². The molecule has 0 atom stereocenters. The van der Waals surface area contributed by atoms with Crippen LogP contribution in [0.4, 0.5) is 0 Å². The van der Waals surface area contributed by atoms with E-state index in [4.69, 9.17) is 0 Å². The average Bonchev–Trinajstić information content (AvgIpc) is 2.85. The van der Waals surface area contributed by atoms with Gasteiger partial charge in [-0.15, -0.1) is 11.3 Å². The minimum atomic E-state index is -3.28. The smallest absolute Gasteiger partial charge is 0.175 e. The molecule has 3 nitrogen and oxygen atoms in total. The van der Waals surface area contributed by atoms with Crippen molar-refractivity contribution in [1.82, 2.24) is 0 Å². The molecule has 0 spiro atoms. The second kappa shape index (κ2) is 5.89. The lowest BCUT2D eigenvalue weighted by Crippen LogP contribution is -2.04. The molecule has 20 heavy (non-hydrogen) atoms. The molecule has 0 bridgehead atoms. The Morgan fingerprint density at radius 3 is 2.45 bits per heavy atom. The zero-order chi connectivity index (χ0) is 14.8. The highest BCUT2D eigenvalue weighted by molar-refractivity contribution is 7.90. The number of sulfone groups is 1. The van der Waals surface area contributed by atoms with Gasteiger partial charge in [-0.3, -0.25) is 4.79 Å². The monoisotopic (exact) mass is 308 g/mol. The van der Waals surface area contributed by atoms with E-state index in [2.05, 4.69) is 6.92 Å². The highest BCUT2D eigenvalue weighted by atomic mass is 32.2. The van der Waals surface area contributed by atoms with Gasteiger partial charge in [0.25, 0.3) is 0 Å². The van der Waals surface area contributed by atoms with Gasteiger partial charge < -0.3 is 0 Å². The van der Waals surface area contributed by atoms with Gasteiger partial charge in [0.15, 0.2) is 15.6 Å². The fourth-order valence-electron chi connectivity index (χ4n) is 1.87. The molecule has 0 amide bonds. The Labute approximate surface area is 123 Å². The Bertz CT molecular complexity index is 727.